The molecule has 2 aromatic rings. The van der Waals surface area contributed by atoms with Crippen LogP contribution in [0.25, 0.3) is 6.08 Å². The molecule has 1 aliphatic rings. The van der Waals surface area contributed by atoms with Gasteiger partial charge in [0.25, 0.3) is 0 Å². The number of ether oxygens (including phenoxy) is 2. The van der Waals surface area contributed by atoms with Gasteiger partial charge in [-0.25, -0.2) is 0 Å². The van der Waals surface area contributed by atoms with Gasteiger partial charge in [0.15, 0.2) is 11.5 Å². The lowest BCUT2D eigenvalue weighted by atomic mass is 10.1. The van der Waals surface area contributed by atoms with Gasteiger partial charge in [0.05, 0.1) is 6.54 Å². The van der Waals surface area contributed by atoms with Crippen LogP contribution < -0.4 is 20.1 Å². The molecule has 0 saturated carbocycles. The molecule has 0 fully saturated rings. The molecule has 134 valence electrons. The van der Waals surface area contributed by atoms with Crippen LogP contribution in [0.4, 0.5) is 5.69 Å². The molecular weight excluding hydrogens is 332 g/mol. The van der Waals surface area contributed by atoms with Crippen LogP contribution >= 0.6 is 0 Å². The summed E-state index contributed by atoms with van der Waals surface area (Å²) in [4.78, 5) is 24.1. The summed E-state index contributed by atoms with van der Waals surface area (Å²) in [5.74, 6) is 0.651. The molecule has 1 heterocycles. The van der Waals surface area contributed by atoms with Crippen LogP contribution in [0.1, 0.15) is 12.5 Å². The Balaban J connectivity index is 1.52. The molecule has 26 heavy (non-hydrogen) atoms. The van der Waals surface area contributed by atoms with Crippen LogP contribution in [0.3, 0.4) is 0 Å². The van der Waals surface area contributed by atoms with Gasteiger partial charge in [-0.3, -0.25) is 9.59 Å². The summed E-state index contributed by atoms with van der Waals surface area (Å²) in [7, 11) is 0. The second kappa shape index (κ2) is 8.20. The minimum atomic E-state index is -0.317. The predicted molar refractivity (Wildman–Crippen MR) is 99.2 cm³/mol. The highest BCUT2D eigenvalue weighted by Gasteiger charge is 2.13. The van der Waals surface area contributed by atoms with Crippen LogP contribution in [-0.2, 0) is 9.59 Å². The van der Waals surface area contributed by atoms with E-state index >= 15 is 0 Å². The molecule has 0 aliphatic carbocycles. The van der Waals surface area contributed by atoms with Crippen molar-refractivity contribution >= 4 is 23.6 Å². The number of hydrogen-bond acceptors (Lipinski definition) is 4. The molecule has 0 radical (unpaired) electrons. The molecule has 0 aromatic heterocycles. The molecular formula is C20H20N2O4. The average molecular weight is 352 g/mol. The van der Waals surface area contributed by atoms with E-state index in [1.165, 1.54) is 0 Å². The topological polar surface area (TPSA) is 76.7 Å². The highest BCUT2D eigenvalue weighted by atomic mass is 16.6. The van der Waals surface area contributed by atoms with E-state index < -0.39 is 0 Å². The molecule has 0 unspecified atom stereocenters. The van der Waals surface area contributed by atoms with Crippen molar-refractivity contribution in [2.24, 2.45) is 0 Å². The third kappa shape index (κ3) is 4.63. The fraction of sp³-hybridized carbons (Fsp3) is 0.200. The molecule has 3 rings (SSSR count). The first-order valence-electron chi connectivity index (χ1n) is 8.33. The molecule has 6 heteroatoms. The standard InChI is InChI=1S/C20H20N2O4/c1-14(11-15-5-3-2-4-6-15)20(24)21-13-19(23)22-16-7-8-17-18(12-16)26-10-9-25-17/h2-8,11-12H,9-10,13H2,1H3,(H,21,24)(H,22,23)/b14-11+. The molecule has 0 bridgehead atoms. The molecule has 6 nitrogen and oxygen atoms in total. The lowest BCUT2D eigenvalue weighted by Gasteiger charge is -2.19. The van der Waals surface area contributed by atoms with E-state index in [1.807, 2.05) is 30.3 Å². The van der Waals surface area contributed by atoms with Gasteiger partial charge < -0.3 is 20.1 Å². The van der Waals surface area contributed by atoms with Gasteiger partial charge in [-0.05, 0) is 30.7 Å². The van der Waals surface area contributed by atoms with Crippen molar-refractivity contribution in [2.75, 3.05) is 25.1 Å². The molecule has 2 aromatic carbocycles. The van der Waals surface area contributed by atoms with E-state index in [0.29, 0.717) is 36.0 Å². The Hall–Kier alpha value is -3.28. The smallest absolute Gasteiger partial charge is 0.247 e. The lowest BCUT2D eigenvalue weighted by molar-refractivity contribution is -0.121. The number of hydrogen-bond donors (Lipinski definition) is 2. The Bertz CT molecular complexity index is 831. The maximum Gasteiger partial charge on any atom is 0.247 e. The van der Waals surface area contributed by atoms with Crippen molar-refractivity contribution in [3.63, 3.8) is 0 Å². The van der Waals surface area contributed by atoms with E-state index in [0.717, 1.165) is 5.56 Å². The van der Waals surface area contributed by atoms with E-state index in [4.69, 9.17) is 9.47 Å². The first-order valence-corrected chi connectivity index (χ1v) is 8.33. The van der Waals surface area contributed by atoms with E-state index in [2.05, 4.69) is 10.6 Å². The normalized spacial score (nSPS) is 13.0. The Morgan fingerprint density at radius 3 is 2.54 bits per heavy atom. The SMILES string of the molecule is C/C(=C\c1ccccc1)C(=O)NCC(=O)Nc1ccc2c(c1)OCCO2. The Kier molecular flexibility index (Phi) is 5.53. The maximum atomic E-state index is 12.1. The van der Waals surface area contributed by atoms with Crippen molar-refractivity contribution in [1.29, 1.82) is 0 Å². The zero-order valence-electron chi connectivity index (χ0n) is 14.5. The first kappa shape index (κ1) is 17.5. The summed E-state index contributed by atoms with van der Waals surface area (Å²) in [5, 5.41) is 5.34. The molecule has 2 N–H and O–H groups in total. The third-order valence-electron chi connectivity index (χ3n) is 3.78. The number of fused-ring (bicyclic) bond motifs is 1. The Morgan fingerprint density at radius 2 is 1.77 bits per heavy atom. The summed E-state index contributed by atoms with van der Waals surface area (Å²) >= 11 is 0. The molecule has 0 atom stereocenters. The van der Waals surface area contributed by atoms with Crippen LogP contribution in [-0.4, -0.2) is 31.6 Å². The number of rotatable bonds is 5. The molecule has 1 aliphatic heterocycles. The van der Waals surface area contributed by atoms with Crippen LogP contribution in [0.15, 0.2) is 54.1 Å². The van der Waals surface area contributed by atoms with Gasteiger partial charge >= 0.3 is 0 Å². The zero-order valence-corrected chi connectivity index (χ0v) is 14.5. The van der Waals surface area contributed by atoms with Crippen LogP contribution in [0.2, 0.25) is 0 Å². The number of nitrogens with one attached hydrogen (secondary N) is 2. The van der Waals surface area contributed by atoms with Gasteiger partial charge in [0, 0.05) is 17.3 Å². The second-order valence-electron chi connectivity index (χ2n) is 5.83. The van der Waals surface area contributed by atoms with Gasteiger partial charge in [-0.2, -0.15) is 0 Å². The second-order valence-corrected chi connectivity index (χ2v) is 5.83. The highest BCUT2D eigenvalue weighted by molar-refractivity contribution is 6.01. The third-order valence-corrected chi connectivity index (χ3v) is 3.78. The summed E-state index contributed by atoms with van der Waals surface area (Å²) < 4.78 is 10.9. The monoisotopic (exact) mass is 352 g/mol. The first-order chi connectivity index (χ1) is 12.6. The minimum Gasteiger partial charge on any atom is -0.486 e. The molecule has 0 saturated heterocycles. The van der Waals surface area contributed by atoms with E-state index in [9.17, 15) is 9.59 Å². The number of carbonyl (C=O) groups excluding carboxylic acids is 2. The minimum absolute atomic E-state index is 0.118. The lowest BCUT2D eigenvalue weighted by Crippen LogP contribution is -2.33. The Labute approximate surface area is 151 Å². The van der Waals surface area contributed by atoms with E-state index in [-0.39, 0.29) is 18.4 Å². The molecule has 2 amide bonds. The van der Waals surface area contributed by atoms with Crippen molar-refractivity contribution in [3.05, 3.63) is 59.7 Å². The van der Waals surface area contributed by atoms with Crippen molar-refractivity contribution in [3.8, 4) is 11.5 Å². The fourth-order valence-corrected chi connectivity index (χ4v) is 2.49. The summed E-state index contributed by atoms with van der Waals surface area (Å²) in [6.45, 7) is 2.59. The molecule has 0 spiro atoms. The summed E-state index contributed by atoms with van der Waals surface area (Å²) in [5.41, 5.74) is 2.05. The number of anilines is 1. The van der Waals surface area contributed by atoms with Gasteiger partial charge in [0.1, 0.15) is 13.2 Å². The van der Waals surface area contributed by atoms with Crippen molar-refractivity contribution < 1.29 is 19.1 Å². The highest BCUT2D eigenvalue weighted by Crippen LogP contribution is 2.32. The number of benzene rings is 2. The summed E-state index contributed by atoms with van der Waals surface area (Å²) in [6.07, 6.45) is 1.77. The van der Waals surface area contributed by atoms with Crippen LogP contribution in [0.5, 0.6) is 11.5 Å². The predicted octanol–water partition coefficient (Wildman–Crippen LogP) is 2.62. The quantitative estimate of drug-likeness (QED) is 0.811. The maximum absolute atomic E-state index is 12.1. The van der Waals surface area contributed by atoms with Crippen LogP contribution in [0, 0.1) is 0 Å². The van der Waals surface area contributed by atoms with Gasteiger partial charge in [-0.1, -0.05) is 30.3 Å². The fourth-order valence-electron chi connectivity index (χ4n) is 2.49. The van der Waals surface area contributed by atoms with Gasteiger partial charge in [0.2, 0.25) is 11.8 Å². The number of carbonyl (C=O) groups is 2. The largest absolute Gasteiger partial charge is 0.486 e. The zero-order chi connectivity index (χ0) is 18.4. The summed E-state index contributed by atoms with van der Waals surface area (Å²) in [6, 6.07) is 14.7. The van der Waals surface area contributed by atoms with Crippen molar-refractivity contribution in [1.82, 2.24) is 5.32 Å². The average Bonchev–Trinajstić information content (AvgIpc) is 2.66. The Morgan fingerprint density at radius 1 is 1.04 bits per heavy atom. The van der Waals surface area contributed by atoms with Crippen molar-refractivity contribution in [2.45, 2.75) is 6.92 Å². The van der Waals surface area contributed by atoms with E-state index in [1.54, 1.807) is 31.2 Å². The number of amides is 2. The van der Waals surface area contributed by atoms with Gasteiger partial charge in [-0.15, -0.1) is 0 Å².